The third kappa shape index (κ3) is 5.18. The van der Waals surface area contributed by atoms with Crippen molar-refractivity contribution in [1.29, 1.82) is 0 Å². The van der Waals surface area contributed by atoms with Crippen LogP contribution in [0.2, 0.25) is 0 Å². The molecule has 0 spiro atoms. The van der Waals surface area contributed by atoms with Gasteiger partial charge < -0.3 is 20.5 Å². The van der Waals surface area contributed by atoms with Crippen LogP contribution < -0.4 is 20.5 Å². The number of benzene rings is 1. The van der Waals surface area contributed by atoms with Gasteiger partial charge in [0.15, 0.2) is 11.5 Å². The number of nitrogens with two attached hydrogens (primary N) is 1. The number of hydrogen-bond acceptors (Lipinski definition) is 4. The van der Waals surface area contributed by atoms with E-state index in [1.54, 1.807) is 7.11 Å². The summed E-state index contributed by atoms with van der Waals surface area (Å²) in [6.45, 7) is 5.10. The second kappa shape index (κ2) is 7.63. The predicted octanol–water partition coefficient (Wildman–Crippen LogP) is 1.45. The van der Waals surface area contributed by atoms with Gasteiger partial charge in [0, 0.05) is 19.0 Å². The summed E-state index contributed by atoms with van der Waals surface area (Å²) in [6, 6.07) is 5.83. The van der Waals surface area contributed by atoms with Crippen LogP contribution in [0, 0.1) is 0 Å². The number of hydrogen-bond donors (Lipinski definition) is 2. The number of carbonyl (C=O) groups is 1. The maximum absolute atomic E-state index is 10.8. The van der Waals surface area contributed by atoms with E-state index in [0.717, 1.165) is 17.1 Å². The minimum absolute atomic E-state index is 0.0511. The first-order chi connectivity index (χ1) is 9.06. The van der Waals surface area contributed by atoms with Crippen LogP contribution in [0.5, 0.6) is 11.5 Å². The van der Waals surface area contributed by atoms with Gasteiger partial charge in [-0.25, -0.2) is 0 Å². The van der Waals surface area contributed by atoms with E-state index < -0.39 is 0 Å². The van der Waals surface area contributed by atoms with Crippen LogP contribution >= 0.6 is 0 Å². The lowest BCUT2D eigenvalue weighted by Crippen LogP contribution is -2.30. The van der Waals surface area contributed by atoms with Crippen molar-refractivity contribution in [2.24, 2.45) is 5.73 Å². The van der Waals surface area contributed by atoms with Crippen LogP contribution in [0.25, 0.3) is 0 Å². The molecule has 0 aliphatic heterocycles. The molecule has 0 radical (unpaired) electrons. The zero-order valence-electron chi connectivity index (χ0n) is 11.7. The van der Waals surface area contributed by atoms with E-state index in [4.69, 9.17) is 15.2 Å². The molecular weight excluding hydrogens is 244 g/mol. The molecule has 1 unspecified atom stereocenters. The Morgan fingerprint density at radius 3 is 2.74 bits per heavy atom. The molecule has 0 saturated heterocycles. The quantitative estimate of drug-likeness (QED) is 0.747. The molecule has 0 aliphatic rings. The van der Waals surface area contributed by atoms with Crippen molar-refractivity contribution in [2.45, 2.75) is 32.9 Å². The normalized spacial score (nSPS) is 11.9. The molecule has 0 heterocycles. The summed E-state index contributed by atoms with van der Waals surface area (Å²) in [5.41, 5.74) is 6.22. The predicted molar refractivity (Wildman–Crippen MR) is 74.3 cm³/mol. The number of primary amides is 1. The maximum Gasteiger partial charge on any atom is 0.218 e. The molecule has 0 saturated carbocycles. The van der Waals surface area contributed by atoms with Gasteiger partial charge in [0.05, 0.1) is 13.7 Å². The highest BCUT2D eigenvalue weighted by atomic mass is 16.5. The van der Waals surface area contributed by atoms with Gasteiger partial charge in [-0.1, -0.05) is 6.07 Å². The highest BCUT2D eigenvalue weighted by molar-refractivity contribution is 5.74. The fourth-order valence-corrected chi connectivity index (χ4v) is 1.77. The Bertz CT molecular complexity index is 421. The van der Waals surface area contributed by atoms with Gasteiger partial charge in [-0.2, -0.15) is 0 Å². The van der Waals surface area contributed by atoms with Gasteiger partial charge in [0.1, 0.15) is 0 Å². The van der Waals surface area contributed by atoms with E-state index in [1.165, 1.54) is 0 Å². The zero-order chi connectivity index (χ0) is 14.3. The Balaban J connectivity index is 2.63. The van der Waals surface area contributed by atoms with Gasteiger partial charge in [-0.05, 0) is 31.5 Å². The van der Waals surface area contributed by atoms with Gasteiger partial charge >= 0.3 is 0 Å². The van der Waals surface area contributed by atoms with E-state index in [0.29, 0.717) is 19.6 Å². The topological polar surface area (TPSA) is 73.6 Å². The molecule has 0 aromatic heterocycles. The van der Waals surface area contributed by atoms with E-state index >= 15 is 0 Å². The van der Waals surface area contributed by atoms with Crippen LogP contribution in [0.1, 0.15) is 25.8 Å². The van der Waals surface area contributed by atoms with E-state index in [-0.39, 0.29) is 11.9 Å². The average Bonchev–Trinajstić information content (AvgIpc) is 2.36. The van der Waals surface area contributed by atoms with Crippen LogP contribution in [-0.2, 0) is 11.3 Å². The van der Waals surface area contributed by atoms with Crippen LogP contribution in [-0.4, -0.2) is 25.7 Å². The van der Waals surface area contributed by atoms with Gasteiger partial charge in [-0.3, -0.25) is 4.79 Å². The van der Waals surface area contributed by atoms with E-state index in [1.807, 2.05) is 32.0 Å². The molecule has 1 rings (SSSR count). The van der Waals surface area contributed by atoms with Crippen LogP contribution in [0.3, 0.4) is 0 Å². The first kappa shape index (κ1) is 15.3. The second-order valence-corrected chi connectivity index (χ2v) is 4.37. The number of carbonyl (C=O) groups excluding carboxylic acids is 1. The monoisotopic (exact) mass is 266 g/mol. The van der Waals surface area contributed by atoms with E-state index in [2.05, 4.69) is 5.32 Å². The summed E-state index contributed by atoms with van der Waals surface area (Å²) in [4.78, 5) is 10.8. The third-order valence-electron chi connectivity index (χ3n) is 2.69. The third-order valence-corrected chi connectivity index (χ3v) is 2.69. The van der Waals surface area contributed by atoms with Crippen molar-refractivity contribution in [3.63, 3.8) is 0 Å². The summed E-state index contributed by atoms with van der Waals surface area (Å²) < 4.78 is 10.7. The Kier molecular flexibility index (Phi) is 6.15. The van der Waals surface area contributed by atoms with Crippen molar-refractivity contribution in [1.82, 2.24) is 5.32 Å². The highest BCUT2D eigenvalue weighted by Crippen LogP contribution is 2.27. The molecule has 0 fully saturated rings. The van der Waals surface area contributed by atoms with E-state index in [9.17, 15) is 4.79 Å². The van der Waals surface area contributed by atoms with Crippen molar-refractivity contribution in [3.8, 4) is 11.5 Å². The molecule has 0 aliphatic carbocycles. The first-order valence-electron chi connectivity index (χ1n) is 6.38. The number of methoxy groups -OCH3 is 1. The molecule has 19 heavy (non-hydrogen) atoms. The first-order valence-corrected chi connectivity index (χ1v) is 6.38. The number of amides is 1. The summed E-state index contributed by atoms with van der Waals surface area (Å²) in [5, 5.41) is 3.24. The minimum atomic E-state index is -0.301. The SMILES string of the molecule is CCOc1cc(CNC(C)CC(N)=O)ccc1OC. The maximum atomic E-state index is 10.8. The lowest BCUT2D eigenvalue weighted by Gasteiger charge is -2.14. The molecule has 1 atom stereocenters. The molecule has 106 valence electrons. The summed E-state index contributed by atoms with van der Waals surface area (Å²) >= 11 is 0. The highest BCUT2D eigenvalue weighted by Gasteiger charge is 2.08. The van der Waals surface area contributed by atoms with Crippen LogP contribution in [0.4, 0.5) is 0 Å². The van der Waals surface area contributed by atoms with Crippen molar-refractivity contribution in [3.05, 3.63) is 23.8 Å². The smallest absolute Gasteiger partial charge is 0.218 e. The Morgan fingerprint density at radius 1 is 1.42 bits per heavy atom. The molecule has 1 aromatic rings. The number of ether oxygens (including phenoxy) is 2. The fraction of sp³-hybridized carbons (Fsp3) is 0.500. The zero-order valence-corrected chi connectivity index (χ0v) is 11.7. The van der Waals surface area contributed by atoms with Gasteiger partial charge in [-0.15, -0.1) is 0 Å². The van der Waals surface area contributed by atoms with Crippen molar-refractivity contribution >= 4 is 5.91 Å². The molecule has 1 amide bonds. The Labute approximate surface area is 114 Å². The van der Waals surface area contributed by atoms with Crippen LogP contribution in [0.15, 0.2) is 18.2 Å². The number of nitrogens with one attached hydrogen (secondary N) is 1. The Hall–Kier alpha value is -1.75. The standard InChI is InChI=1S/C14H22N2O3/c1-4-19-13-8-11(5-6-12(13)18-3)9-16-10(2)7-14(15)17/h5-6,8,10,16H,4,7,9H2,1-3H3,(H2,15,17). The lowest BCUT2D eigenvalue weighted by molar-refractivity contribution is -0.118. The molecule has 1 aromatic carbocycles. The number of rotatable bonds is 8. The summed E-state index contributed by atoms with van der Waals surface area (Å²) in [5.74, 6) is 1.15. The average molecular weight is 266 g/mol. The van der Waals surface area contributed by atoms with Crippen molar-refractivity contribution < 1.29 is 14.3 Å². The van der Waals surface area contributed by atoms with Gasteiger partial charge in [0.25, 0.3) is 0 Å². The molecule has 3 N–H and O–H groups in total. The minimum Gasteiger partial charge on any atom is -0.493 e. The second-order valence-electron chi connectivity index (χ2n) is 4.37. The summed E-state index contributed by atoms with van der Waals surface area (Å²) in [7, 11) is 1.62. The van der Waals surface area contributed by atoms with Crippen molar-refractivity contribution in [2.75, 3.05) is 13.7 Å². The Morgan fingerprint density at radius 2 is 2.16 bits per heavy atom. The fourth-order valence-electron chi connectivity index (χ4n) is 1.77. The molecule has 5 nitrogen and oxygen atoms in total. The van der Waals surface area contributed by atoms with Gasteiger partial charge in [0.2, 0.25) is 5.91 Å². The largest absolute Gasteiger partial charge is 0.493 e. The molecular formula is C14H22N2O3. The lowest BCUT2D eigenvalue weighted by atomic mass is 10.1. The molecule has 0 bridgehead atoms. The molecule has 5 heteroatoms. The summed E-state index contributed by atoms with van der Waals surface area (Å²) in [6.07, 6.45) is 0.328.